The SMILES string of the molecule is Cc1ccc(C(C)NC(=O)C(Oc2ccccc2C#N)C(C)C)cc1. The summed E-state index contributed by atoms with van der Waals surface area (Å²) in [6.07, 6.45) is -0.664. The van der Waals surface area contributed by atoms with Gasteiger partial charge in [-0.1, -0.05) is 55.8 Å². The van der Waals surface area contributed by atoms with Crippen molar-refractivity contribution in [3.63, 3.8) is 0 Å². The molecular formula is C21H24N2O2. The number of nitrogens with one attached hydrogen (secondary N) is 1. The Labute approximate surface area is 149 Å². The highest BCUT2D eigenvalue weighted by molar-refractivity contribution is 5.82. The van der Waals surface area contributed by atoms with E-state index < -0.39 is 6.10 Å². The van der Waals surface area contributed by atoms with Gasteiger partial charge in [0.05, 0.1) is 11.6 Å². The second-order valence-electron chi connectivity index (χ2n) is 6.53. The molecule has 2 rings (SSSR count). The van der Waals surface area contributed by atoms with Crippen LogP contribution in [0.3, 0.4) is 0 Å². The van der Waals surface area contributed by atoms with Gasteiger partial charge in [-0.3, -0.25) is 4.79 Å². The quantitative estimate of drug-likeness (QED) is 0.862. The first-order valence-corrected chi connectivity index (χ1v) is 8.45. The number of ether oxygens (including phenoxy) is 1. The van der Waals surface area contributed by atoms with Crippen molar-refractivity contribution in [1.82, 2.24) is 5.32 Å². The van der Waals surface area contributed by atoms with E-state index >= 15 is 0 Å². The maximum atomic E-state index is 12.7. The van der Waals surface area contributed by atoms with Crippen LogP contribution in [0.2, 0.25) is 0 Å². The Morgan fingerprint density at radius 3 is 2.32 bits per heavy atom. The maximum absolute atomic E-state index is 12.7. The smallest absolute Gasteiger partial charge is 0.261 e. The van der Waals surface area contributed by atoms with Crippen molar-refractivity contribution in [3.8, 4) is 11.8 Å². The Bertz CT molecular complexity index is 760. The van der Waals surface area contributed by atoms with Crippen LogP contribution in [0.25, 0.3) is 0 Å². The molecule has 130 valence electrons. The molecule has 0 aliphatic rings. The normalized spacial score (nSPS) is 13.0. The zero-order valence-electron chi connectivity index (χ0n) is 15.1. The minimum atomic E-state index is -0.664. The summed E-state index contributed by atoms with van der Waals surface area (Å²) < 4.78 is 5.88. The molecule has 0 spiro atoms. The highest BCUT2D eigenvalue weighted by atomic mass is 16.5. The molecule has 0 fully saturated rings. The number of amides is 1. The standard InChI is InChI=1S/C21H24N2O2/c1-14(2)20(25-19-8-6-5-7-18(19)13-22)21(24)23-16(4)17-11-9-15(3)10-12-17/h5-12,14,16,20H,1-4H3,(H,23,24). The predicted molar refractivity (Wildman–Crippen MR) is 98.1 cm³/mol. The fourth-order valence-electron chi connectivity index (χ4n) is 2.52. The van der Waals surface area contributed by atoms with Crippen LogP contribution >= 0.6 is 0 Å². The summed E-state index contributed by atoms with van der Waals surface area (Å²) in [5.41, 5.74) is 2.64. The molecular weight excluding hydrogens is 312 g/mol. The van der Waals surface area contributed by atoms with Gasteiger partial charge in [-0.2, -0.15) is 5.26 Å². The first-order valence-electron chi connectivity index (χ1n) is 8.45. The van der Waals surface area contributed by atoms with Gasteiger partial charge in [0.15, 0.2) is 6.10 Å². The number of nitrogens with zero attached hydrogens (tertiary/aromatic N) is 1. The largest absolute Gasteiger partial charge is 0.479 e. The lowest BCUT2D eigenvalue weighted by Gasteiger charge is -2.24. The first-order chi connectivity index (χ1) is 11.9. The third kappa shape index (κ3) is 4.84. The Morgan fingerprint density at radius 1 is 1.08 bits per heavy atom. The molecule has 0 aliphatic carbocycles. The number of hydrogen-bond donors (Lipinski definition) is 1. The van der Waals surface area contributed by atoms with Gasteiger partial charge in [-0.05, 0) is 37.5 Å². The van der Waals surface area contributed by atoms with Crippen LogP contribution in [0.15, 0.2) is 48.5 Å². The van der Waals surface area contributed by atoms with E-state index in [0.717, 1.165) is 5.56 Å². The third-order valence-electron chi connectivity index (χ3n) is 4.06. The van der Waals surface area contributed by atoms with E-state index in [2.05, 4.69) is 11.4 Å². The molecule has 0 bridgehead atoms. The average Bonchev–Trinajstić information content (AvgIpc) is 2.60. The van der Waals surface area contributed by atoms with Crippen LogP contribution in [-0.2, 0) is 4.79 Å². The Kier molecular flexibility index (Phi) is 6.19. The first kappa shape index (κ1) is 18.5. The average molecular weight is 336 g/mol. The van der Waals surface area contributed by atoms with Crippen molar-refractivity contribution in [2.24, 2.45) is 5.92 Å². The summed E-state index contributed by atoms with van der Waals surface area (Å²) in [6, 6.07) is 17.0. The number of nitriles is 1. The molecule has 0 radical (unpaired) electrons. The van der Waals surface area contributed by atoms with Gasteiger partial charge < -0.3 is 10.1 Å². The topological polar surface area (TPSA) is 62.1 Å². The van der Waals surface area contributed by atoms with Gasteiger partial charge >= 0.3 is 0 Å². The number of rotatable bonds is 6. The fourth-order valence-corrected chi connectivity index (χ4v) is 2.52. The van der Waals surface area contributed by atoms with Gasteiger partial charge in [0, 0.05) is 0 Å². The van der Waals surface area contributed by atoms with Gasteiger partial charge in [0.25, 0.3) is 5.91 Å². The summed E-state index contributed by atoms with van der Waals surface area (Å²) in [7, 11) is 0. The number of hydrogen-bond acceptors (Lipinski definition) is 3. The van der Waals surface area contributed by atoms with Crippen LogP contribution in [0.5, 0.6) is 5.75 Å². The molecule has 0 aromatic heterocycles. The molecule has 1 N–H and O–H groups in total. The molecule has 2 aromatic rings. The fraction of sp³-hybridized carbons (Fsp3) is 0.333. The van der Waals surface area contributed by atoms with Crippen molar-refractivity contribution < 1.29 is 9.53 Å². The Hall–Kier alpha value is -2.80. The van der Waals surface area contributed by atoms with Crippen LogP contribution in [0.4, 0.5) is 0 Å². The van der Waals surface area contributed by atoms with Gasteiger partial charge in [0.1, 0.15) is 11.8 Å². The van der Waals surface area contributed by atoms with E-state index in [1.165, 1.54) is 5.56 Å². The minimum absolute atomic E-state index is 0.0306. The predicted octanol–water partition coefficient (Wildman–Crippen LogP) is 4.15. The van der Waals surface area contributed by atoms with Gasteiger partial charge in [-0.25, -0.2) is 0 Å². The maximum Gasteiger partial charge on any atom is 0.261 e. The zero-order valence-corrected chi connectivity index (χ0v) is 15.1. The molecule has 0 aliphatic heterocycles. The lowest BCUT2D eigenvalue weighted by molar-refractivity contribution is -0.130. The molecule has 2 aromatic carbocycles. The van der Waals surface area contributed by atoms with Crippen LogP contribution in [0.1, 0.15) is 43.5 Å². The van der Waals surface area contributed by atoms with Gasteiger partial charge in [-0.15, -0.1) is 0 Å². The minimum Gasteiger partial charge on any atom is -0.479 e. The molecule has 0 heterocycles. The number of carbonyl (C=O) groups is 1. The summed E-state index contributed by atoms with van der Waals surface area (Å²) in [6.45, 7) is 7.83. The molecule has 1 amide bonds. The van der Waals surface area contributed by atoms with E-state index in [9.17, 15) is 10.1 Å². The second-order valence-corrected chi connectivity index (χ2v) is 6.53. The summed E-state index contributed by atoms with van der Waals surface area (Å²) in [5.74, 6) is 0.217. The van der Waals surface area contributed by atoms with Crippen molar-refractivity contribution >= 4 is 5.91 Å². The number of para-hydroxylation sites is 1. The summed E-state index contributed by atoms with van der Waals surface area (Å²) in [5, 5.41) is 12.2. The molecule has 0 saturated heterocycles. The zero-order chi connectivity index (χ0) is 18.4. The van der Waals surface area contributed by atoms with E-state index in [1.807, 2.05) is 52.0 Å². The molecule has 25 heavy (non-hydrogen) atoms. The van der Waals surface area contributed by atoms with E-state index in [4.69, 9.17) is 4.74 Å². The van der Waals surface area contributed by atoms with Crippen molar-refractivity contribution in [2.75, 3.05) is 0 Å². The number of carbonyl (C=O) groups excluding carboxylic acids is 1. The Balaban J connectivity index is 2.12. The molecule has 2 unspecified atom stereocenters. The molecule has 2 atom stereocenters. The van der Waals surface area contributed by atoms with Crippen molar-refractivity contribution in [1.29, 1.82) is 5.26 Å². The van der Waals surface area contributed by atoms with E-state index in [-0.39, 0.29) is 17.9 Å². The molecule has 4 heteroatoms. The van der Waals surface area contributed by atoms with Crippen LogP contribution in [-0.4, -0.2) is 12.0 Å². The van der Waals surface area contributed by atoms with E-state index in [1.54, 1.807) is 24.3 Å². The highest BCUT2D eigenvalue weighted by Gasteiger charge is 2.26. The number of aryl methyl sites for hydroxylation is 1. The Morgan fingerprint density at radius 2 is 1.72 bits per heavy atom. The second kappa shape index (κ2) is 8.34. The van der Waals surface area contributed by atoms with E-state index in [0.29, 0.717) is 11.3 Å². The lowest BCUT2D eigenvalue weighted by atomic mass is 10.0. The van der Waals surface area contributed by atoms with Crippen LogP contribution in [0, 0.1) is 24.2 Å². The van der Waals surface area contributed by atoms with Gasteiger partial charge in [0.2, 0.25) is 0 Å². The summed E-state index contributed by atoms with van der Waals surface area (Å²) >= 11 is 0. The third-order valence-corrected chi connectivity index (χ3v) is 4.06. The van der Waals surface area contributed by atoms with Crippen LogP contribution < -0.4 is 10.1 Å². The molecule has 4 nitrogen and oxygen atoms in total. The monoisotopic (exact) mass is 336 g/mol. The lowest BCUT2D eigenvalue weighted by Crippen LogP contribution is -2.42. The van der Waals surface area contributed by atoms with Crippen molar-refractivity contribution in [3.05, 3.63) is 65.2 Å². The number of benzene rings is 2. The molecule has 0 saturated carbocycles. The highest BCUT2D eigenvalue weighted by Crippen LogP contribution is 2.22. The summed E-state index contributed by atoms with van der Waals surface area (Å²) in [4.78, 5) is 12.7. The van der Waals surface area contributed by atoms with Crippen molar-refractivity contribution in [2.45, 2.75) is 39.8 Å².